The van der Waals surface area contributed by atoms with Gasteiger partial charge in [-0.25, -0.2) is 19.8 Å². The zero-order valence-electron chi connectivity index (χ0n) is 19.1. The molecule has 2 aromatic heterocycles. The minimum absolute atomic E-state index is 0.0695. The van der Waals surface area contributed by atoms with Crippen molar-refractivity contribution in [2.24, 2.45) is 0 Å². The second-order valence-corrected chi connectivity index (χ2v) is 8.70. The Morgan fingerprint density at radius 3 is 2.94 bits per heavy atom. The number of benzene rings is 1. The van der Waals surface area contributed by atoms with Crippen molar-refractivity contribution in [3.05, 3.63) is 58.4 Å². The number of anilines is 1. The molecule has 0 bridgehead atoms. The molecule has 0 radical (unpaired) electrons. The fourth-order valence-electron chi connectivity index (χ4n) is 4.80. The molecule has 8 nitrogen and oxygen atoms in total. The van der Waals surface area contributed by atoms with Crippen LogP contribution in [0.2, 0.25) is 0 Å². The highest BCUT2D eigenvalue weighted by Crippen LogP contribution is 2.34. The number of rotatable bonds is 5. The van der Waals surface area contributed by atoms with Gasteiger partial charge in [0.2, 0.25) is 5.95 Å². The lowest BCUT2D eigenvalue weighted by Crippen LogP contribution is -2.40. The first kappa shape index (κ1) is 21.2. The lowest BCUT2D eigenvalue weighted by atomic mass is 10.0. The quantitative estimate of drug-likeness (QED) is 0.617. The topological polar surface area (TPSA) is 90.5 Å². The van der Waals surface area contributed by atoms with Crippen LogP contribution in [-0.4, -0.2) is 38.1 Å². The van der Waals surface area contributed by atoms with Crippen LogP contribution >= 0.6 is 0 Å². The summed E-state index contributed by atoms with van der Waals surface area (Å²) >= 11 is 0. The Morgan fingerprint density at radius 2 is 2.21 bits per heavy atom. The third-order valence-corrected chi connectivity index (χ3v) is 6.29. The van der Waals surface area contributed by atoms with Gasteiger partial charge in [-0.3, -0.25) is 4.40 Å². The summed E-state index contributed by atoms with van der Waals surface area (Å²) in [6.07, 6.45) is 4.12. The van der Waals surface area contributed by atoms with Gasteiger partial charge in [0, 0.05) is 53.2 Å². The molecule has 2 N–H and O–H groups in total. The molecule has 1 aromatic carbocycles. The molecule has 4 heterocycles. The monoisotopic (exact) mass is 447 g/mol. The smallest absolute Gasteiger partial charge is 0.208 e. The van der Waals surface area contributed by atoms with Crippen LogP contribution in [0, 0.1) is 17.1 Å². The van der Waals surface area contributed by atoms with Crippen LogP contribution < -0.4 is 15.5 Å². The Balaban J connectivity index is 1.55. The number of hydrogen-bond acceptors (Lipinski definition) is 7. The first-order chi connectivity index (χ1) is 15.9. The lowest BCUT2D eigenvalue weighted by molar-refractivity contribution is 0.210. The highest BCUT2D eigenvalue weighted by Gasteiger charge is 2.30. The molecule has 0 amide bonds. The number of halogens is 1. The van der Waals surface area contributed by atoms with Crippen LogP contribution in [0.5, 0.6) is 5.75 Å². The van der Waals surface area contributed by atoms with Gasteiger partial charge >= 0.3 is 0 Å². The summed E-state index contributed by atoms with van der Waals surface area (Å²) in [5, 5.41) is 14.9. The normalized spacial score (nSPS) is 17.6. The zero-order chi connectivity index (χ0) is 23.3. The van der Waals surface area contributed by atoms with E-state index in [9.17, 15) is 9.65 Å². The number of imidazole rings is 1. The van der Waals surface area contributed by atoms with Gasteiger partial charge in [-0.15, -0.1) is 0 Å². The van der Waals surface area contributed by atoms with E-state index in [0.29, 0.717) is 35.9 Å². The van der Waals surface area contributed by atoms with E-state index in [1.807, 2.05) is 0 Å². The molecule has 5 rings (SSSR count). The molecule has 0 saturated heterocycles. The molecule has 0 saturated carbocycles. The molecule has 2 aliphatic heterocycles. The van der Waals surface area contributed by atoms with Gasteiger partial charge in [-0.05, 0) is 39.8 Å². The van der Waals surface area contributed by atoms with Gasteiger partial charge in [0.15, 0.2) is 5.69 Å². The molecule has 2 aliphatic rings. The molecule has 9 heteroatoms. The first-order valence-electron chi connectivity index (χ1n) is 11.1. The lowest BCUT2D eigenvalue weighted by Gasteiger charge is -2.25. The Kier molecular flexibility index (Phi) is 5.17. The summed E-state index contributed by atoms with van der Waals surface area (Å²) in [4.78, 5) is 9.20. The van der Waals surface area contributed by atoms with Gasteiger partial charge in [-0.2, -0.15) is 5.26 Å². The van der Waals surface area contributed by atoms with E-state index < -0.39 is 0 Å². The molecule has 0 spiro atoms. The van der Waals surface area contributed by atoms with Crippen molar-refractivity contribution in [3.8, 4) is 11.8 Å². The largest absolute Gasteiger partial charge is 0.493 e. The van der Waals surface area contributed by atoms with Crippen molar-refractivity contribution in [3.63, 3.8) is 0 Å². The van der Waals surface area contributed by atoms with E-state index in [1.165, 1.54) is 6.07 Å². The minimum atomic E-state index is -0.275. The van der Waals surface area contributed by atoms with Gasteiger partial charge in [0.1, 0.15) is 23.3 Å². The standard InChI is InChI=1S/C24H26FN7O/c1-13(2)32-15(4)22(14(3)30-32)19-11-28-24(31-12-16(9-26)29-23(19)31)27-10-18-17-7-8-33-21(17)6-5-20(18)25/h5-6,11-14,30H,7-8,10H2,1-4H3,(H,27,28). The maximum absolute atomic E-state index is 14.6. The highest BCUT2D eigenvalue weighted by molar-refractivity contribution is 5.82. The minimum Gasteiger partial charge on any atom is -0.493 e. The van der Waals surface area contributed by atoms with E-state index in [0.717, 1.165) is 28.1 Å². The van der Waals surface area contributed by atoms with Crippen LogP contribution in [0.15, 0.2) is 30.2 Å². The van der Waals surface area contributed by atoms with Crippen molar-refractivity contribution in [1.82, 2.24) is 24.8 Å². The first-order valence-corrected chi connectivity index (χ1v) is 11.1. The van der Waals surface area contributed by atoms with Gasteiger partial charge in [-0.1, -0.05) is 0 Å². The summed E-state index contributed by atoms with van der Waals surface area (Å²) in [6.45, 7) is 9.23. The molecule has 1 unspecified atom stereocenters. The Labute approximate surface area is 191 Å². The van der Waals surface area contributed by atoms with E-state index in [1.54, 1.807) is 22.9 Å². The average Bonchev–Trinajstić information content (AvgIpc) is 3.50. The number of allylic oxidation sites excluding steroid dienone is 1. The summed E-state index contributed by atoms with van der Waals surface area (Å²) in [5.41, 5.74) is 8.94. The predicted molar refractivity (Wildman–Crippen MR) is 123 cm³/mol. The van der Waals surface area contributed by atoms with Gasteiger partial charge in [0.05, 0.1) is 18.8 Å². The number of hydrazine groups is 1. The Morgan fingerprint density at radius 1 is 1.39 bits per heavy atom. The molecule has 170 valence electrons. The molecule has 0 aliphatic carbocycles. The number of nitriles is 1. The number of aromatic nitrogens is 3. The summed E-state index contributed by atoms with van der Waals surface area (Å²) in [5.74, 6) is 0.954. The number of ether oxygens (including phenoxy) is 1. The SMILES string of the molecule is CC1=C(c2cnc(NCc3c(F)ccc4c3CCO4)n3cc(C#N)nc23)C(C)NN1C(C)C. The van der Waals surface area contributed by atoms with Crippen LogP contribution in [0.25, 0.3) is 11.2 Å². The molecule has 0 fully saturated rings. The Bertz CT molecular complexity index is 1320. The van der Waals surface area contributed by atoms with Crippen molar-refractivity contribution < 1.29 is 9.13 Å². The maximum atomic E-state index is 14.6. The van der Waals surface area contributed by atoms with Gasteiger partial charge < -0.3 is 15.1 Å². The van der Waals surface area contributed by atoms with E-state index in [4.69, 9.17) is 4.74 Å². The van der Waals surface area contributed by atoms with Crippen molar-refractivity contribution in [2.75, 3.05) is 11.9 Å². The Hall–Kier alpha value is -3.64. The molecule has 1 atom stereocenters. The fraction of sp³-hybridized carbons (Fsp3) is 0.375. The van der Waals surface area contributed by atoms with E-state index >= 15 is 0 Å². The summed E-state index contributed by atoms with van der Waals surface area (Å²) in [6, 6.07) is 5.59. The third kappa shape index (κ3) is 3.47. The summed E-state index contributed by atoms with van der Waals surface area (Å²) in [7, 11) is 0. The van der Waals surface area contributed by atoms with E-state index in [2.05, 4.69) is 59.5 Å². The van der Waals surface area contributed by atoms with Crippen LogP contribution in [0.3, 0.4) is 0 Å². The number of nitrogens with one attached hydrogen (secondary N) is 2. The van der Waals surface area contributed by atoms with Crippen molar-refractivity contribution in [2.45, 2.75) is 52.7 Å². The van der Waals surface area contributed by atoms with Crippen molar-refractivity contribution in [1.29, 1.82) is 5.26 Å². The summed E-state index contributed by atoms with van der Waals surface area (Å²) < 4.78 is 21.9. The van der Waals surface area contributed by atoms with Gasteiger partial charge in [0.25, 0.3) is 0 Å². The molecule has 33 heavy (non-hydrogen) atoms. The maximum Gasteiger partial charge on any atom is 0.208 e. The zero-order valence-corrected chi connectivity index (χ0v) is 19.1. The van der Waals surface area contributed by atoms with E-state index in [-0.39, 0.29) is 24.4 Å². The van der Waals surface area contributed by atoms with Crippen LogP contribution in [0.4, 0.5) is 10.3 Å². The average molecular weight is 448 g/mol. The second kappa shape index (κ2) is 8.05. The fourth-order valence-corrected chi connectivity index (χ4v) is 4.80. The number of fused-ring (bicyclic) bond motifs is 2. The second-order valence-electron chi connectivity index (χ2n) is 8.70. The predicted octanol–water partition coefficient (Wildman–Crippen LogP) is 3.64. The van der Waals surface area contributed by atoms with Crippen LogP contribution in [0.1, 0.15) is 50.1 Å². The molecule has 3 aromatic rings. The van der Waals surface area contributed by atoms with Crippen LogP contribution in [-0.2, 0) is 13.0 Å². The molecular weight excluding hydrogens is 421 g/mol. The third-order valence-electron chi connectivity index (χ3n) is 6.29. The van der Waals surface area contributed by atoms with Crippen molar-refractivity contribution >= 4 is 17.2 Å². The number of hydrogen-bond donors (Lipinski definition) is 2. The number of nitrogens with zero attached hydrogens (tertiary/aromatic N) is 5. The highest BCUT2D eigenvalue weighted by atomic mass is 19.1. The molecular formula is C24H26FN7O.